The van der Waals surface area contributed by atoms with Crippen LogP contribution in [0.25, 0.3) is 17.1 Å². The van der Waals surface area contributed by atoms with Crippen LogP contribution in [0.4, 0.5) is 0 Å². The van der Waals surface area contributed by atoms with E-state index in [2.05, 4.69) is 26.6 Å². The average molecular weight is 435 g/mol. The number of pyridine rings is 1. The Morgan fingerprint density at radius 3 is 2.45 bits per heavy atom. The van der Waals surface area contributed by atoms with Crippen molar-refractivity contribution in [2.75, 3.05) is 0 Å². The van der Waals surface area contributed by atoms with Gasteiger partial charge >= 0.3 is 0 Å². The number of aromatic nitrogens is 4. The van der Waals surface area contributed by atoms with Crippen LogP contribution in [-0.2, 0) is 4.79 Å². The van der Waals surface area contributed by atoms with Crippen LogP contribution in [0.15, 0.2) is 53.9 Å². The molecule has 31 heavy (non-hydrogen) atoms. The number of para-hydroxylation sites is 1. The molecule has 0 aliphatic carbocycles. The van der Waals surface area contributed by atoms with Crippen molar-refractivity contribution in [2.24, 2.45) is 5.92 Å². The second-order valence-electron chi connectivity index (χ2n) is 7.88. The van der Waals surface area contributed by atoms with E-state index in [4.69, 9.17) is 0 Å². The summed E-state index contributed by atoms with van der Waals surface area (Å²) in [6, 6.07) is 13.9. The lowest BCUT2D eigenvalue weighted by atomic mass is 9.90. The lowest BCUT2D eigenvalue weighted by molar-refractivity contribution is -0.121. The largest absolute Gasteiger partial charge is 0.337 e. The molecule has 0 aliphatic rings. The van der Waals surface area contributed by atoms with Crippen LogP contribution in [-0.4, -0.2) is 36.4 Å². The van der Waals surface area contributed by atoms with Gasteiger partial charge in [-0.3, -0.25) is 14.3 Å². The minimum Gasteiger partial charge on any atom is -0.337 e. The van der Waals surface area contributed by atoms with Crippen molar-refractivity contribution in [2.45, 2.75) is 50.6 Å². The second-order valence-corrected chi connectivity index (χ2v) is 9.19. The number of aryl methyl sites for hydroxylation is 1. The monoisotopic (exact) mass is 434 g/mol. The number of carbonyl (C=O) groups is 1. The molecule has 0 fully saturated rings. The molecule has 0 unspecified atom stereocenters. The summed E-state index contributed by atoms with van der Waals surface area (Å²) in [5, 5.41) is 21.4. The molecule has 2 heterocycles. The van der Waals surface area contributed by atoms with Crippen molar-refractivity contribution in [3.8, 4) is 23.1 Å². The maximum atomic E-state index is 12.9. The van der Waals surface area contributed by atoms with Crippen molar-refractivity contribution in [1.82, 2.24) is 25.1 Å². The van der Waals surface area contributed by atoms with Gasteiger partial charge in [0, 0.05) is 18.0 Å². The molecule has 2 atom stereocenters. The highest BCUT2D eigenvalue weighted by Crippen LogP contribution is 2.31. The fraction of sp³-hybridized carbons (Fsp3) is 0.348. The van der Waals surface area contributed by atoms with Crippen LogP contribution >= 0.6 is 11.8 Å². The van der Waals surface area contributed by atoms with E-state index in [9.17, 15) is 10.1 Å². The van der Waals surface area contributed by atoms with Gasteiger partial charge in [0.05, 0.1) is 17.0 Å². The minimum atomic E-state index is -0.933. The third kappa shape index (κ3) is 4.78. The molecule has 1 aromatic carbocycles. The SMILES string of the molecule is Cc1ccccc1-n1c(S[C@H](C)C(=O)N[C@@](C)(C#N)C(C)C)nnc1-c1ccncc1. The molecule has 0 radical (unpaired) electrons. The molecule has 1 N–H and O–H groups in total. The molecule has 8 heteroatoms. The summed E-state index contributed by atoms with van der Waals surface area (Å²) in [5.41, 5.74) is 1.95. The summed E-state index contributed by atoms with van der Waals surface area (Å²) in [7, 11) is 0. The number of thioether (sulfide) groups is 1. The Morgan fingerprint density at radius 2 is 1.84 bits per heavy atom. The third-order valence-electron chi connectivity index (χ3n) is 5.35. The lowest BCUT2D eigenvalue weighted by Crippen LogP contribution is -2.51. The number of benzene rings is 1. The van der Waals surface area contributed by atoms with E-state index in [1.807, 2.05) is 61.7 Å². The molecule has 1 amide bonds. The number of nitrogens with zero attached hydrogens (tertiary/aromatic N) is 5. The van der Waals surface area contributed by atoms with Gasteiger partial charge in [0.15, 0.2) is 11.0 Å². The van der Waals surface area contributed by atoms with Gasteiger partial charge in [-0.15, -0.1) is 10.2 Å². The third-order valence-corrected chi connectivity index (χ3v) is 6.39. The topological polar surface area (TPSA) is 96.5 Å². The number of carbonyl (C=O) groups excluding carboxylic acids is 1. The summed E-state index contributed by atoms with van der Waals surface area (Å²) in [6.45, 7) is 9.40. The maximum Gasteiger partial charge on any atom is 0.234 e. The molecule has 160 valence electrons. The zero-order chi connectivity index (χ0) is 22.6. The van der Waals surface area contributed by atoms with Crippen molar-refractivity contribution >= 4 is 17.7 Å². The van der Waals surface area contributed by atoms with E-state index in [1.165, 1.54) is 11.8 Å². The molecule has 0 spiro atoms. The molecule has 7 nitrogen and oxygen atoms in total. The second kappa shape index (κ2) is 9.31. The van der Waals surface area contributed by atoms with E-state index in [-0.39, 0.29) is 11.8 Å². The summed E-state index contributed by atoms with van der Waals surface area (Å²) in [5.74, 6) is 0.441. The highest BCUT2D eigenvalue weighted by Gasteiger charge is 2.32. The van der Waals surface area contributed by atoms with Crippen LogP contribution in [0, 0.1) is 24.2 Å². The Labute approximate surface area is 186 Å². The maximum absolute atomic E-state index is 12.9. The Balaban J connectivity index is 1.97. The molecular weight excluding hydrogens is 408 g/mol. The zero-order valence-corrected chi connectivity index (χ0v) is 19.1. The van der Waals surface area contributed by atoms with Gasteiger partial charge in [0.1, 0.15) is 5.54 Å². The summed E-state index contributed by atoms with van der Waals surface area (Å²) in [6.07, 6.45) is 3.42. The molecular formula is C23H26N6OS. The summed E-state index contributed by atoms with van der Waals surface area (Å²) < 4.78 is 1.96. The van der Waals surface area contributed by atoms with Crippen molar-refractivity contribution in [3.05, 3.63) is 54.4 Å². The smallest absolute Gasteiger partial charge is 0.234 e. The number of hydrogen-bond acceptors (Lipinski definition) is 6. The van der Waals surface area contributed by atoms with E-state index in [0.29, 0.717) is 11.0 Å². The standard InChI is InChI=1S/C23H26N6OS/c1-15(2)23(5,14-24)26-21(30)17(4)31-22-28-27-20(18-10-12-25-13-11-18)29(22)19-9-7-6-8-16(19)3/h6-13,15,17H,1-5H3,(H,26,30)/t17-,23+/m1/s1. The molecule has 0 bridgehead atoms. The molecule has 2 aromatic heterocycles. The van der Waals surface area contributed by atoms with Gasteiger partial charge in [-0.25, -0.2) is 0 Å². The Hall–Kier alpha value is -3.18. The molecule has 3 aromatic rings. The first-order chi connectivity index (χ1) is 14.8. The first kappa shape index (κ1) is 22.5. The van der Waals surface area contributed by atoms with Crippen LogP contribution < -0.4 is 5.32 Å². The van der Waals surface area contributed by atoms with Crippen molar-refractivity contribution < 1.29 is 4.79 Å². The number of rotatable bonds is 7. The summed E-state index contributed by atoms with van der Waals surface area (Å²) in [4.78, 5) is 17.0. The van der Waals surface area contributed by atoms with Crippen LogP contribution in [0.5, 0.6) is 0 Å². The highest BCUT2D eigenvalue weighted by atomic mass is 32.2. The normalized spacial score (nSPS) is 14.0. The fourth-order valence-corrected chi connectivity index (χ4v) is 3.80. The first-order valence-electron chi connectivity index (χ1n) is 10.1. The van der Waals surface area contributed by atoms with E-state index >= 15 is 0 Å². The van der Waals surface area contributed by atoms with E-state index < -0.39 is 10.8 Å². The number of nitriles is 1. The lowest BCUT2D eigenvalue weighted by Gasteiger charge is -2.28. The summed E-state index contributed by atoms with van der Waals surface area (Å²) >= 11 is 1.31. The highest BCUT2D eigenvalue weighted by molar-refractivity contribution is 8.00. The van der Waals surface area contributed by atoms with Crippen molar-refractivity contribution in [1.29, 1.82) is 5.26 Å². The molecule has 0 saturated carbocycles. The molecule has 0 saturated heterocycles. The van der Waals surface area contributed by atoms with Crippen LogP contribution in [0.3, 0.4) is 0 Å². The van der Waals surface area contributed by atoms with Crippen LogP contribution in [0.1, 0.15) is 33.3 Å². The number of hydrogen-bond donors (Lipinski definition) is 1. The fourth-order valence-electron chi connectivity index (χ4n) is 2.94. The van der Waals surface area contributed by atoms with E-state index in [0.717, 1.165) is 16.8 Å². The Bertz CT molecular complexity index is 1100. The number of amides is 1. The Kier molecular flexibility index (Phi) is 6.76. The van der Waals surface area contributed by atoms with E-state index in [1.54, 1.807) is 26.2 Å². The van der Waals surface area contributed by atoms with Crippen molar-refractivity contribution in [3.63, 3.8) is 0 Å². The first-order valence-corrected chi connectivity index (χ1v) is 11.0. The van der Waals surface area contributed by atoms with Gasteiger partial charge in [-0.2, -0.15) is 5.26 Å². The molecule has 0 aliphatic heterocycles. The van der Waals surface area contributed by atoms with Gasteiger partial charge in [-0.05, 0) is 50.5 Å². The minimum absolute atomic E-state index is 0.0208. The Morgan fingerprint density at radius 1 is 1.16 bits per heavy atom. The quantitative estimate of drug-likeness (QED) is 0.561. The van der Waals surface area contributed by atoms with Gasteiger partial charge < -0.3 is 5.32 Å². The van der Waals surface area contributed by atoms with Gasteiger partial charge in [0.2, 0.25) is 5.91 Å². The van der Waals surface area contributed by atoms with Gasteiger partial charge in [0.25, 0.3) is 0 Å². The number of nitrogens with one attached hydrogen (secondary N) is 1. The van der Waals surface area contributed by atoms with Gasteiger partial charge in [-0.1, -0.05) is 43.8 Å². The zero-order valence-electron chi connectivity index (χ0n) is 18.3. The van der Waals surface area contributed by atoms with Crippen LogP contribution in [0.2, 0.25) is 0 Å². The molecule has 3 rings (SSSR count). The predicted molar refractivity (Wildman–Crippen MR) is 122 cm³/mol. The average Bonchev–Trinajstić information content (AvgIpc) is 3.17. The predicted octanol–water partition coefficient (Wildman–Crippen LogP) is 4.17.